The zero-order chi connectivity index (χ0) is 9.90. The van der Waals surface area contributed by atoms with Gasteiger partial charge in [0.15, 0.2) is 9.62 Å². The molecular formula is C6H7Cl3N2OS. The van der Waals surface area contributed by atoms with Crippen molar-refractivity contribution in [1.82, 2.24) is 9.36 Å². The van der Waals surface area contributed by atoms with Gasteiger partial charge in [-0.3, -0.25) is 0 Å². The second kappa shape index (κ2) is 4.64. The first-order valence-corrected chi connectivity index (χ1v) is 5.44. The highest BCUT2D eigenvalue weighted by atomic mass is 35.6. The Kier molecular flexibility index (Phi) is 4.04. The van der Waals surface area contributed by atoms with Crippen LogP contribution in [0.15, 0.2) is 0 Å². The Bertz CT molecular complexity index is 273. The molecule has 0 atom stereocenters. The lowest BCUT2D eigenvalue weighted by Crippen LogP contribution is -2.08. The van der Waals surface area contributed by atoms with E-state index >= 15 is 0 Å². The summed E-state index contributed by atoms with van der Waals surface area (Å²) in [6.45, 7) is 2.43. The van der Waals surface area contributed by atoms with Gasteiger partial charge in [0.2, 0.25) is 0 Å². The average molecular weight is 262 g/mol. The lowest BCUT2D eigenvalue weighted by Gasteiger charge is -2.05. The van der Waals surface area contributed by atoms with Crippen LogP contribution in [-0.4, -0.2) is 19.8 Å². The third-order valence-corrected chi connectivity index (χ3v) is 2.14. The van der Waals surface area contributed by atoms with Gasteiger partial charge < -0.3 is 4.74 Å². The Labute approximate surface area is 95.1 Å². The van der Waals surface area contributed by atoms with E-state index in [1.165, 1.54) is 0 Å². The van der Waals surface area contributed by atoms with Gasteiger partial charge in [-0.15, -0.1) is 0 Å². The van der Waals surface area contributed by atoms with Crippen molar-refractivity contribution in [1.29, 1.82) is 0 Å². The molecule has 3 nitrogen and oxygen atoms in total. The molecule has 0 aliphatic rings. The van der Waals surface area contributed by atoms with E-state index in [9.17, 15) is 0 Å². The highest BCUT2D eigenvalue weighted by Gasteiger charge is 2.23. The lowest BCUT2D eigenvalue weighted by molar-refractivity contribution is 0.337. The van der Waals surface area contributed by atoms with Gasteiger partial charge in [0.25, 0.3) is 5.19 Å². The first kappa shape index (κ1) is 11.3. The second-order valence-corrected chi connectivity index (χ2v) is 5.43. The van der Waals surface area contributed by atoms with E-state index in [1.54, 1.807) is 0 Å². The molecule has 0 unspecified atom stereocenters. The van der Waals surface area contributed by atoms with E-state index in [1.807, 2.05) is 6.92 Å². The first-order valence-electron chi connectivity index (χ1n) is 3.53. The number of aromatic nitrogens is 2. The smallest absolute Gasteiger partial charge is 0.293 e. The number of rotatable bonds is 3. The number of nitrogens with zero attached hydrogens (tertiary/aromatic N) is 2. The number of hydrogen-bond acceptors (Lipinski definition) is 4. The summed E-state index contributed by atoms with van der Waals surface area (Å²) in [4.78, 5) is 4.02. The maximum atomic E-state index is 5.57. The normalized spacial score (nSPS) is 11.7. The first-order chi connectivity index (χ1) is 6.01. The van der Waals surface area contributed by atoms with Crippen LogP contribution in [0.1, 0.15) is 12.7 Å². The Hall–Kier alpha value is 0.230. The van der Waals surface area contributed by atoms with Crippen molar-refractivity contribution in [3.8, 4) is 5.19 Å². The van der Waals surface area contributed by atoms with Crippen LogP contribution in [-0.2, 0) is 6.42 Å². The second-order valence-electron chi connectivity index (χ2n) is 2.20. The van der Waals surface area contributed by atoms with Crippen LogP contribution >= 0.6 is 46.3 Å². The molecule has 0 saturated carbocycles. The monoisotopic (exact) mass is 260 g/mol. The molecule has 74 valence electrons. The zero-order valence-corrected chi connectivity index (χ0v) is 9.84. The Morgan fingerprint density at radius 2 is 2.15 bits per heavy atom. The molecule has 0 aliphatic heterocycles. The summed E-state index contributed by atoms with van der Waals surface area (Å²) in [7, 11) is 0. The van der Waals surface area contributed by atoms with E-state index in [2.05, 4.69) is 9.36 Å². The minimum absolute atomic E-state index is 0.196. The summed E-state index contributed by atoms with van der Waals surface area (Å²) in [6.07, 6.45) is 0.196. The summed E-state index contributed by atoms with van der Waals surface area (Å²) in [5.41, 5.74) is 0. The van der Waals surface area contributed by atoms with Crippen molar-refractivity contribution in [3.05, 3.63) is 5.82 Å². The van der Waals surface area contributed by atoms with E-state index in [-0.39, 0.29) is 6.42 Å². The third kappa shape index (κ3) is 4.31. The standard InChI is InChI=1S/C6H7Cl3N2OS/c1-2-12-5-10-4(11-13-5)3-6(7,8)9/h2-3H2,1H3. The predicted octanol–water partition coefficient (Wildman–Crippen LogP) is 2.85. The third-order valence-electron chi connectivity index (χ3n) is 1.08. The Balaban J connectivity index is 2.59. The molecule has 1 aromatic heterocycles. The molecule has 0 fully saturated rings. The highest BCUT2D eigenvalue weighted by Crippen LogP contribution is 2.30. The van der Waals surface area contributed by atoms with Crippen molar-refractivity contribution >= 4 is 46.3 Å². The lowest BCUT2D eigenvalue weighted by atomic mass is 10.5. The zero-order valence-electron chi connectivity index (χ0n) is 6.76. The summed E-state index contributed by atoms with van der Waals surface area (Å²) >= 11 is 17.9. The van der Waals surface area contributed by atoms with Gasteiger partial charge in [0, 0.05) is 11.5 Å². The molecule has 1 heterocycles. The van der Waals surface area contributed by atoms with Gasteiger partial charge in [-0.05, 0) is 6.92 Å². The highest BCUT2D eigenvalue weighted by molar-refractivity contribution is 7.07. The van der Waals surface area contributed by atoms with Gasteiger partial charge in [-0.25, -0.2) is 0 Å². The van der Waals surface area contributed by atoms with Crippen LogP contribution in [0.5, 0.6) is 5.19 Å². The number of hydrogen-bond donors (Lipinski definition) is 0. The molecule has 7 heteroatoms. The molecular weight excluding hydrogens is 255 g/mol. The molecule has 0 aliphatic carbocycles. The van der Waals surface area contributed by atoms with Gasteiger partial charge in [0.1, 0.15) is 0 Å². The van der Waals surface area contributed by atoms with Gasteiger partial charge >= 0.3 is 0 Å². The molecule has 0 N–H and O–H groups in total. The van der Waals surface area contributed by atoms with Crippen molar-refractivity contribution < 1.29 is 4.74 Å². The molecule has 0 radical (unpaired) electrons. The van der Waals surface area contributed by atoms with Crippen LogP contribution in [0, 0.1) is 0 Å². The fourth-order valence-corrected chi connectivity index (χ4v) is 1.64. The maximum Gasteiger partial charge on any atom is 0.293 e. The van der Waals surface area contributed by atoms with Crippen LogP contribution in [0.4, 0.5) is 0 Å². The fraction of sp³-hybridized carbons (Fsp3) is 0.667. The van der Waals surface area contributed by atoms with Crippen LogP contribution in [0.3, 0.4) is 0 Å². The SMILES string of the molecule is CCOc1nc(CC(Cl)(Cl)Cl)ns1. The Morgan fingerprint density at radius 3 is 2.69 bits per heavy atom. The molecule has 13 heavy (non-hydrogen) atoms. The van der Waals surface area contributed by atoms with E-state index in [4.69, 9.17) is 39.5 Å². The van der Waals surface area contributed by atoms with Gasteiger partial charge in [-0.2, -0.15) is 9.36 Å². The summed E-state index contributed by atoms with van der Waals surface area (Å²) in [5.74, 6) is 0.494. The quantitative estimate of drug-likeness (QED) is 0.785. The molecule has 1 aromatic rings. The molecule has 1 rings (SSSR count). The van der Waals surface area contributed by atoms with Crippen molar-refractivity contribution in [2.75, 3.05) is 6.61 Å². The maximum absolute atomic E-state index is 5.57. The molecule has 0 saturated heterocycles. The van der Waals surface area contributed by atoms with Gasteiger partial charge in [0.05, 0.1) is 13.0 Å². The molecule has 0 spiro atoms. The van der Waals surface area contributed by atoms with Crippen LogP contribution < -0.4 is 4.74 Å². The molecule has 0 aromatic carbocycles. The Morgan fingerprint density at radius 1 is 1.46 bits per heavy atom. The number of halogens is 3. The molecule has 0 bridgehead atoms. The summed E-state index contributed by atoms with van der Waals surface area (Å²) in [6, 6.07) is 0. The van der Waals surface area contributed by atoms with E-state index in [0.717, 1.165) is 11.5 Å². The topological polar surface area (TPSA) is 35.0 Å². The van der Waals surface area contributed by atoms with Crippen molar-refractivity contribution in [3.63, 3.8) is 0 Å². The largest absolute Gasteiger partial charge is 0.469 e. The molecule has 0 amide bonds. The summed E-state index contributed by atoms with van der Waals surface area (Å²) < 4.78 is 7.75. The van der Waals surface area contributed by atoms with E-state index in [0.29, 0.717) is 17.6 Å². The van der Waals surface area contributed by atoms with Gasteiger partial charge in [-0.1, -0.05) is 34.8 Å². The van der Waals surface area contributed by atoms with Crippen molar-refractivity contribution in [2.45, 2.75) is 17.1 Å². The number of alkyl halides is 3. The minimum atomic E-state index is -1.34. The van der Waals surface area contributed by atoms with E-state index < -0.39 is 3.79 Å². The van der Waals surface area contributed by atoms with Crippen LogP contribution in [0.2, 0.25) is 0 Å². The average Bonchev–Trinajstić information content (AvgIpc) is 2.33. The van der Waals surface area contributed by atoms with Crippen LogP contribution in [0.25, 0.3) is 0 Å². The fourth-order valence-electron chi connectivity index (χ4n) is 0.671. The minimum Gasteiger partial charge on any atom is -0.469 e. The number of ether oxygens (including phenoxy) is 1. The summed E-state index contributed by atoms with van der Waals surface area (Å²) in [5, 5.41) is 0.506. The van der Waals surface area contributed by atoms with Crippen molar-refractivity contribution in [2.24, 2.45) is 0 Å². The predicted molar refractivity (Wildman–Crippen MR) is 55.1 cm³/mol.